The minimum absolute atomic E-state index is 0.0479. The fraction of sp³-hybridized carbons (Fsp3) is 0.840. The molecular formula is C25H45F3N4OS. The molecule has 0 radical (unpaired) electrons. The quantitative estimate of drug-likeness (QED) is 0.336. The molecule has 34 heavy (non-hydrogen) atoms. The van der Waals surface area contributed by atoms with Gasteiger partial charge in [-0.1, -0.05) is 60.4 Å². The van der Waals surface area contributed by atoms with Crippen LogP contribution in [0.2, 0.25) is 0 Å². The van der Waals surface area contributed by atoms with Crippen molar-refractivity contribution in [2.24, 2.45) is 22.2 Å². The molecule has 2 saturated carbocycles. The van der Waals surface area contributed by atoms with Gasteiger partial charge in [0.25, 0.3) is 0 Å². The van der Waals surface area contributed by atoms with Crippen LogP contribution < -0.4 is 5.32 Å². The molecule has 1 heterocycles. The summed E-state index contributed by atoms with van der Waals surface area (Å²) in [4.78, 5) is 0. The van der Waals surface area contributed by atoms with Crippen LogP contribution in [0.15, 0.2) is 12.1 Å². The molecule has 0 aliphatic heterocycles. The first kappa shape index (κ1) is 31.0. The maximum Gasteiger partial charge on any atom is 0.229 e. The molecule has 2 fully saturated rings. The number of hydrogen-bond acceptors (Lipinski definition) is 6. The number of rotatable bonds is 11. The van der Waals surface area contributed by atoms with Gasteiger partial charge in [-0.15, -0.1) is 5.10 Å². The highest BCUT2D eigenvalue weighted by atomic mass is 32.2. The number of nitrogens with one attached hydrogen (secondary N) is 1. The minimum Gasteiger partial charge on any atom is -0.392 e. The number of anilines is 1. The summed E-state index contributed by atoms with van der Waals surface area (Å²) < 4.78 is 34.2. The first-order chi connectivity index (χ1) is 16.2. The summed E-state index contributed by atoms with van der Waals surface area (Å²) in [7, 11) is 0. The van der Waals surface area contributed by atoms with Gasteiger partial charge in [0.15, 0.2) is 0 Å². The van der Waals surface area contributed by atoms with Crippen molar-refractivity contribution >= 4 is 17.8 Å². The van der Waals surface area contributed by atoms with E-state index in [-0.39, 0.29) is 16.9 Å². The second-order valence-electron chi connectivity index (χ2n) is 9.54. The van der Waals surface area contributed by atoms with Crippen molar-refractivity contribution in [3.05, 3.63) is 17.8 Å². The molecule has 9 heteroatoms. The third-order valence-electron chi connectivity index (χ3n) is 7.85. The molecular weight excluding hydrogens is 461 g/mol. The van der Waals surface area contributed by atoms with Crippen molar-refractivity contribution in [3.8, 4) is 0 Å². The number of aliphatic hydroxyl groups excluding tert-OH is 1. The molecule has 3 rings (SSSR count). The minimum atomic E-state index is -1.75. The van der Waals surface area contributed by atoms with Crippen LogP contribution in [0.3, 0.4) is 0 Å². The molecule has 5 nitrogen and oxygen atoms in total. The lowest BCUT2D eigenvalue weighted by Crippen LogP contribution is -2.43. The van der Waals surface area contributed by atoms with E-state index in [1.165, 1.54) is 0 Å². The maximum absolute atomic E-state index is 12.6. The normalized spacial score (nSPS) is 28.4. The van der Waals surface area contributed by atoms with E-state index in [0.717, 1.165) is 44.6 Å². The highest BCUT2D eigenvalue weighted by Crippen LogP contribution is 2.84. The van der Waals surface area contributed by atoms with E-state index in [9.17, 15) is 18.3 Å². The smallest absolute Gasteiger partial charge is 0.229 e. The number of nitrogens with zero attached hydrogens (tertiary/aromatic N) is 3. The first-order valence-corrected chi connectivity index (χ1v) is 13.4. The Bertz CT molecular complexity index is 712. The van der Waals surface area contributed by atoms with Gasteiger partial charge in [-0.2, -0.15) is 5.10 Å². The first-order valence-electron chi connectivity index (χ1n) is 12.5. The Morgan fingerprint density at radius 1 is 1.12 bits per heavy atom. The lowest BCUT2D eigenvalue weighted by molar-refractivity contribution is 0.00262. The van der Waals surface area contributed by atoms with E-state index < -0.39 is 13.6 Å². The van der Waals surface area contributed by atoms with E-state index >= 15 is 0 Å². The topological polar surface area (TPSA) is 61.3 Å². The number of hydrogen-bond donors (Lipinski definition) is 2. The van der Waals surface area contributed by atoms with Crippen LogP contribution in [0.4, 0.5) is 19.0 Å². The van der Waals surface area contributed by atoms with Gasteiger partial charge in [0, 0.05) is 30.8 Å². The lowest BCUT2D eigenvalue weighted by atomic mass is 9.68. The van der Waals surface area contributed by atoms with E-state index in [4.69, 9.17) is 0 Å². The zero-order valence-corrected chi connectivity index (χ0v) is 22.8. The van der Waals surface area contributed by atoms with Crippen LogP contribution >= 0.6 is 11.9 Å². The van der Waals surface area contributed by atoms with Gasteiger partial charge in [0.1, 0.15) is 12.5 Å². The van der Waals surface area contributed by atoms with Crippen molar-refractivity contribution < 1.29 is 18.3 Å². The van der Waals surface area contributed by atoms with Gasteiger partial charge in [-0.3, -0.25) is 0 Å². The van der Waals surface area contributed by atoms with E-state index in [2.05, 4.69) is 54.4 Å². The second-order valence-corrected chi connectivity index (χ2v) is 10.6. The fourth-order valence-electron chi connectivity index (χ4n) is 6.26. The van der Waals surface area contributed by atoms with E-state index in [1.807, 2.05) is 25.8 Å². The van der Waals surface area contributed by atoms with Crippen LogP contribution in [0.1, 0.15) is 73.4 Å². The summed E-state index contributed by atoms with van der Waals surface area (Å²) >= 11 is 1.88. The van der Waals surface area contributed by atoms with E-state index in [1.54, 1.807) is 12.1 Å². The summed E-state index contributed by atoms with van der Waals surface area (Å²) in [6.07, 6.45) is 2.96. The lowest BCUT2D eigenvalue weighted by Gasteiger charge is -2.42. The van der Waals surface area contributed by atoms with Gasteiger partial charge in [-0.05, 0) is 48.1 Å². The molecule has 0 bridgehead atoms. The molecule has 2 aliphatic carbocycles. The predicted molar refractivity (Wildman–Crippen MR) is 137 cm³/mol. The number of aromatic nitrogens is 2. The average Bonchev–Trinajstić information content (AvgIpc) is 3.21. The van der Waals surface area contributed by atoms with Gasteiger partial charge < -0.3 is 10.4 Å². The highest BCUT2D eigenvalue weighted by molar-refractivity contribution is 7.97. The molecule has 198 valence electrons. The number of alkyl halides is 3. The van der Waals surface area contributed by atoms with Crippen LogP contribution in [0.5, 0.6) is 0 Å². The maximum atomic E-state index is 12.6. The summed E-state index contributed by atoms with van der Waals surface area (Å²) in [5.41, 5.74) is 0.898. The second kappa shape index (κ2) is 13.9. The van der Waals surface area contributed by atoms with Crippen LogP contribution in [-0.4, -0.2) is 58.0 Å². The Hall–Kier alpha value is -1.06. The Balaban J connectivity index is 0.00000107. The average molecular weight is 507 g/mol. The highest BCUT2D eigenvalue weighted by Gasteiger charge is 2.81. The van der Waals surface area contributed by atoms with Crippen LogP contribution in [0, 0.1) is 22.2 Å². The molecule has 2 aliphatic rings. The van der Waals surface area contributed by atoms with Crippen molar-refractivity contribution in [1.82, 2.24) is 14.5 Å². The molecule has 0 aromatic carbocycles. The summed E-state index contributed by atoms with van der Waals surface area (Å²) in [6, 6.07) is 3.43. The summed E-state index contributed by atoms with van der Waals surface area (Å²) in [5, 5.41) is 22.0. The zero-order valence-electron chi connectivity index (χ0n) is 22.0. The molecule has 0 saturated heterocycles. The van der Waals surface area contributed by atoms with Crippen molar-refractivity contribution in [2.45, 2.75) is 80.5 Å². The van der Waals surface area contributed by atoms with Crippen molar-refractivity contribution in [1.29, 1.82) is 0 Å². The van der Waals surface area contributed by atoms with Gasteiger partial charge in [-0.25, -0.2) is 17.5 Å². The molecule has 1 aromatic rings. The number of fused-ring (bicyclic) bond motifs is 1. The van der Waals surface area contributed by atoms with Crippen LogP contribution in [0.25, 0.3) is 0 Å². The van der Waals surface area contributed by atoms with Crippen LogP contribution in [-0.2, 0) is 6.67 Å². The SMILES string of the molecule is CC.CCCN(CCNc1ccc(CF)nn1)SCC1(C)C(O)CC2C(C)(C)C21CC.FCF. The Morgan fingerprint density at radius 2 is 1.76 bits per heavy atom. The third kappa shape index (κ3) is 6.19. The third-order valence-corrected chi connectivity index (χ3v) is 9.31. The Kier molecular flexibility index (Phi) is 12.6. The fourth-order valence-corrected chi connectivity index (χ4v) is 7.69. The molecule has 0 spiro atoms. The van der Waals surface area contributed by atoms with Crippen molar-refractivity contribution in [2.75, 3.05) is 37.6 Å². The predicted octanol–water partition coefficient (Wildman–Crippen LogP) is 6.45. The van der Waals surface area contributed by atoms with Gasteiger partial charge in [0.05, 0.1) is 11.8 Å². The van der Waals surface area contributed by atoms with E-state index in [0.29, 0.717) is 22.8 Å². The molecule has 2 N–H and O–H groups in total. The largest absolute Gasteiger partial charge is 0.392 e. The molecule has 4 atom stereocenters. The standard InChI is InChI=1S/C22H37FN4OS.C2H6.CH2F2/c1-6-11-27(12-10-24-19-9-8-16(14-23)25-26-19)29-15-21(5)18(28)13-17-20(3,4)22(17,21)7-2;1-2;2-1-3/h8-9,17-18,28H,6-7,10-15H2,1-5H3,(H,24,26);1-2H3;1H2. The summed E-state index contributed by atoms with van der Waals surface area (Å²) in [6.45, 7) is 15.9. The molecule has 4 unspecified atom stereocenters. The summed E-state index contributed by atoms with van der Waals surface area (Å²) in [5.74, 6) is 2.27. The molecule has 1 aromatic heterocycles. The zero-order chi connectivity index (χ0) is 26.0. The van der Waals surface area contributed by atoms with Gasteiger partial charge in [0.2, 0.25) is 6.93 Å². The Labute approximate surface area is 208 Å². The van der Waals surface area contributed by atoms with Gasteiger partial charge >= 0.3 is 0 Å². The Morgan fingerprint density at radius 3 is 2.26 bits per heavy atom. The molecule has 0 amide bonds. The number of halogens is 3. The monoisotopic (exact) mass is 506 g/mol. The van der Waals surface area contributed by atoms with Crippen molar-refractivity contribution in [3.63, 3.8) is 0 Å². The number of aliphatic hydroxyl groups is 1.